The van der Waals surface area contributed by atoms with Gasteiger partial charge in [0.05, 0.1) is 24.5 Å². The lowest BCUT2D eigenvalue weighted by Gasteiger charge is -2.28. The van der Waals surface area contributed by atoms with Crippen LogP contribution in [0.3, 0.4) is 0 Å². The number of amides is 2. The summed E-state index contributed by atoms with van der Waals surface area (Å²) in [6.07, 6.45) is -0.886. The maximum absolute atomic E-state index is 13.5. The summed E-state index contributed by atoms with van der Waals surface area (Å²) in [6.45, 7) is 0. The monoisotopic (exact) mass is 478 g/mol. The number of imide groups is 1. The fraction of sp³-hybridized carbons (Fsp3) is 0.167. The van der Waals surface area contributed by atoms with Gasteiger partial charge in [-0.2, -0.15) is 0 Å². The number of nitrogens with zero attached hydrogens (tertiary/aromatic N) is 2. The molecule has 0 saturated carbocycles. The van der Waals surface area contributed by atoms with Crippen molar-refractivity contribution in [3.8, 4) is 5.75 Å². The smallest absolute Gasteiger partial charge is 0.266 e. The molecule has 2 amide bonds. The van der Waals surface area contributed by atoms with Crippen LogP contribution in [0.25, 0.3) is 0 Å². The first-order valence-corrected chi connectivity index (χ1v) is 10.7. The molecule has 2 heterocycles. The lowest BCUT2D eigenvalue weighted by atomic mass is 9.90. The second-order valence-corrected chi connectivity index (χ2v) is 8.34. The molecule has 6 nitrogen and oxygen atoms in total. The Balaban J connectivity index is 1.57. The Morgan fingerprint density at radius 2 is 1.52 bits per heavy atom. The minimum absolute atomic E-state index is 0.267. The van der Waals surface area contributed by atoms with Crippen molar-refractivity contribution in [3.05, 3.63) is 88.9 Å². The molecule has 0 aliphatic carbocycles. The van der Waals surface area contributed by atoms with Crippen LogP contribution >= 0.6 is 15.9 Å². The van der Waals surface area contributed by atoms with Crippen molar-refractivity contribution in [2.45, 2.75) is 12.1 Å². The number of fused-ring (bicyclic) bond motifs is 1. The summed E-state index contributed by atoms with van der Waals surface area (Å²) in [5, 5.41) is 1.69. The van der Waals surface area contributed by atoms with Gasteiger partial charge in [-0.3, -0.25) is 14.4 Å². The fourth-order valence-corrected chi connectivity index (χ4v) is 4.46. The number of hydrogen-bond acceptors (Lipinski definition) is 5. The number of hydroxylamine groups is 1. The second kappa shape index (κ2) is 7.83. The Labute approximate surface area is 188 Å². The highest BCUT2D eigenvalue weighted by atomic mass is 79.9. The third-order valence-corrected chi connectivity index (χ3v) is 6.20. The molecule has 0 N–H and O–H groups in total. The quantitative estimate of drug-likeness (QED) is 0.516. The lowest BCUT2D eigenvalue weighted by molar-refractivity contribution is -0.126. The van der Waals surface area contributed by atoms with Crippen LogP contribution in [0, 0.1) is 5.92 Å². The van der Waals surface area contributed by atoms with Crippen molar-refractivity contribution in [2.75, 3.05) is 17.1 Å². The SMILES string of the molecule is COc1ccc([C@H]2[C@@H]3C(=O)N(c4ccc(Br)cc4)C(=O)[C@@H]3ON2c2ccccc2)cc1. The molecule has 3 aromatic rings. The molecule has 0 spiro atoms. The van der Waals surface area contributed by atoms with Gasteiger partial charge >= 0.3 is 0 Å². The second-order valence-electron chi connectivity index (χ2n) is 7.42. The van der Waals surface area contributed by atoms with Gasteiger partial charge in [0.1, 0.15) is 11.7 Å². The molecular formula is C24H19BrN2O4. The van der Waals surface area contributed by atoms with E-state index in [9.17, 15) is 9.59 Å². The number of para-hydroxylation sites is 1. The molecular weight excluding hydrogens is 460 g/mol. The molecule has 2 aliphatic rings. The number of carbonyl (C=O) groups is 2. The maximum atomic E-state index is 13.5. The highest BCUT2D eigenvalue weighted by Gasteiger charge is 2.60. The first-order valence-electron chi connectivity index (χ1n) is 9.87. The Hall–Kier alpha value is -3.16. The number of methoxy groups -OCH3 is 1. The molecule has 31 heavy (non-hydrogen) atoms. The third-order valence-electron chi connectivity index (χ3n) is 5.67. The van der Waals surface area contributed by atoms with Crippen LogP contribution in [0.2, 0.25) is 0 Å². The number of rotatable bonds is 4. The molecule has 2 fully saturated rings. The van der Waals surface area contributed by atoms with Gasteiger partial charge in [0.2, 0.25) is 5.91 Å². The zero-order valence-corrected chi connectivity index (χ0v) is 18.2. The standard InChI is InChI=1S/C24H19BrN2O4/c1-30-19-13-7-15(8-14-19)21-20-22(31-27(21)18-5-3-2-4-6-18)24(29)26(23(20)28)17-11-9-16(25)10-12-17/h2-14,20-22H,1H3/t20-,21-,22+/m0/s1. The van der Waals surface area contributed by atoms with E-state index in [1.807, 2.05) is 66.7 Å². The van der Waals surface area contributed by atoms with E-state index < -0.39 is 18.1 Å². The van der Waals surface area contributed by atoms with Crippen LogP contribution in [0.1, 0.15) is 11.6 Å². The van der Waals surface area contributed by atoms with Crippen LogP contribution in [0.5, 0.6) is 5.75 Å². The summed E-state index contributed by atoms with van der Waals surface area (Å²) in [5.41, 5.74) is 2.19. The van der Waals surface area contributed by atoms with E-state index in [2.05, 4.69) is 15.9 Å². The topological polar surface area (TPSA) is 59.1 Å². The minimum atomic E-state index is -0.886. The van der Waals surface area contributed by atoms with E-state index in [0.717, 1.165) is 21.5 Å². The van der Waals surface area contributed by atoms with E-state index in [-0.39, 0.29) is 11.8 Å². The number of anilines is 2. The van der Waals surface area contributed by atoms with Crippen molar-refractivity contribution in [1.29, 1.82) is 0 Å². The molecule has 3 atom stereocenters. The van der Waals surface area contributed by atoms with E-state index in [1.165, 1.54) is 4.90 Å². The minimum Gasteiger partial charge on any atom is -0.497 e. The zero-order chi connectivity index (χ0) is 21.5. The van der Waals surface area contributed by atoms with E-state index in [1.54, 1.807) is 24.3 Å². The Kier molecular flexibility index (Phi) is 5.00. The van der Waals surface area contributed by atoms with Crippen LogP contribution in [0.4, 0.5) is 11.4 Å². The number of hydrogen-bond donors (Lipinski definition) is 0. The normalized spacial score (nSPS) is 22.7. The van der Waals surface area contributed by atoms with Gasteiger partial charge in [-0.1, -0.05) is 46.3 Å². The number of ether oxygens (including phenoxy) is 1. The van der Waals surface area contributed by atoms with Crippen molar-refractivity contribution in [3.63, 3.8) is 0 Å². The molecule has 0 aromatic heterocycles. The summed E-state index contributed by atoms with van der Waals surface area (Å²) in [4.78, 5) is 34.2. The van der Waals surface area contributed by atoms with Gasteiger partial charge in [0, 0.05) is 4.47 Å². The fourth-order valence-electron chi connectivity index (χ4n) is 4.20. The van der Waals surface area contributed by atoms with Crippen molar-refractivity contribution >= 4 is 39.1 Å². The van der Waals surface area contributed by atoms with Crippen LogP contribution in [0.15, 0.2) is 83.3 Å². The lowest BCUT2D eigenvalue weighted by Crippen LogP contribution is -2.37. The van der Waals surface area contributed by atoms with Gasteiger partial charge in [0.25, 0.3) is 5.91 Å². The molecule has 156 valence electrons. The van der Waals surface area contributed by atoms with Crippen LogP contribution in [-0.2, 0) is 14.4 Å². The predicted molar refractivity (Wildman–Crippen MR) is 120 cm³/mol. The summed E-state index contributed by atoms with van der Waals surface area (Å²) in [6, 6.07) is 23.7. The molecule has 2 aliphatic heterocycles. The van der Waals surface area contributed by atoms with Crippen molar-refractivity contribution in [2.24, 2.45) is 5.92 Å². The average molecular weight is 479 g/mol. The number of carbonyl (C=O) groups excluding carboxylic acids is 2. The zero-order valence-electron chi connectivity index (χ0n) is 16.6. The predicted octanol–water partition coefficient (Wildman–Crippen LogP) is 4.51. The molecule has 7 heteroatoms. The highest BCUT2D eigenvalue weighted by molar-refractivity contribution is 9.10. The first kappa shape index (κ1) is 19.8. The molecule has 0 radical (unpaired) electrons. The van der Waals surface area contributed by atoms with Gasteiger partial charge in [-0.15, -0.1) is 0 Å². The summed E-state index contributed by atoms with van der Waals surface area (Å²) < 4.78 is 6.15. The molecule has 5 rings (SSSR count). The van der Waals surface area contributed by atoms with E-state index >= 15 is 0 Å². The largest absolute Gasteiger partial charge is 0.497 e. The molecule has 3 aromatic carbocycles. The van der Waals surface area contributed by atoms with Crippen molar-refractivity contribution in [1.82, 2.24) is 0 Å². The number of benzene rings is 3. The van der Waals surface area contributed by atoms with Crippen LogP contribution in [-0.4, -0.2) is 25.0 Å². The van der Waals surface area contributed by atoms with Crippen LogP contribution < -0.4 is 14.7 Å². The Bertz CT molecular complexity index is 1120. The summed E-state index contributed by atoms with van der Waals surface area (Å²) >= 11 is 3.39. The number of halogens is 1. The third kappa shape index (κ3) is 3.30. The molecule has 2 saturated heterocycles. The summed E-state index contributed by atoms with van der Waals surface area (Å²) in [7, 11) is 1.61. The van der Waals surface area contributed by atoms with Gasteiger partial charge in [-0.05, 0) is 54.1 Å². The van der Waals surface area contributed by atoms with E-state index in [0.29, 0.717) is 5.69 Å². The van der Waals surface area contributed by atoms with Gasteiger partial charge in [-0.25, -0.2) is 9.96 Å². The Morgan fingerprint density at radius 1 is 0.839 bits per heavy atom. The Morgan fingerprint density at radius 3 is 2.16 bits per heavy atom. The summed E-state index contributed by atoms with van der Waals surface area (Å²) in [5.74, 6) is -0.564. The average Bonchev–Trinajstić information content (AvgIpc) is 3.31. The molecule has 0 bridgehead atoms. The van der Waals surface area contributed by atoms with Gasteiger partial charge < -0.3 is 4.74 Å². The maximum Gasteiger partial charge on any atom is 0.266 e. The van der Waals surface area contributed by atoms with E-state index in [4.69, 9.17) is 9.57 Å². The first-order chi connectivity index (χ1) is 15.1. The highest BCUT2D eigenvalue weighted by Crippen LogP contribution is 2.47. The van der Waals surface area contributed by atoms with Gasteiger partial charge in [0.15, 0.2) is 6.10 Å². The van der Waals surface area contributed by atoms with Crippen molar-refractivity contribution < 1.29 is 19.2 Å². The molecule has 0 unspecified atom stereocenters.